The lowest BCUT2D eigenvalue weighted by Gasteiger charge is -2.18. The SMILES string of the molecule is Cc1ccc(NC(=O)C2(c3ccc4c(c3)OCO4)CC2)cc1-c1ccc(C(=O)N(C)CCO)cc1.[HH].[HH]. The normalized spacial score (nSPS) is 14.9. The molecule has 35 heavy (non-hydrogen) atoms. The minimum absolute atomic E-state index is 0. The number of anilines is 1. The molecule has 1 heterocycles. The summed E-state index contributed by atoms with van der Waals surface area (Å²) in [5, 5.41) is 12.2. The Hall–Kier alpha value is -3.84. The average molecular weight is 477 g/mol. The van der Waals surface area contributed by atoms with Gasteiger partial charge in [0.05, 0.1) is 12.0 Å². The molecule has 3 aromatic rings. The summed E-state index contributed by atoms with van der Waals surface area (Å²) < 4.78 is 10.9. The third-order valence-corrected chi connectivity index (χ3v) is 6.83. The molecule has 2 amide bonds. The summed E-state index contributed by atoms with van der Waals surface area (Å²) in [7, 11) is 1.67. The van der Waals surface area contributed by atoms with Gasteiger partial charge < -0.3 is 24.8 Å². The molecule has 7 heteroatoms. The highest BCUT2D eigenvalue weighted by molar-refractivity contribution is 6.02. The monoisotopic (exact) mass is 476 g/mol. The molecule has 0 unspecified atom stereocenters. The Balaban J connectivity index is 0.00000190. The van der Waals surface area contributed by atoms with Crippen LogP contribution in [0.2, 0.25) is 0 Å². The van der Waals surface area contributed by atoms with Crippen molar-refractivity contribution in [1.82, 2.24) is 4.90 Å². The van der Waals surface area contributed by atoms with E-state index in [-0.39, 0.29) is 34.6 Å². The van der Waals surface area contributed by atoms with Crippen molar-refractivity contribution in [1.29, 1.82) is 0 Å². The van der Waals surface area contributed by atoms with Gasteiger partial charge in [-0.25, -0.2) is 0 Å². The number of rotatable bonds is 7. The fraction of sp³-hybridized carbons (Fsp3) is 0.286. The number of hydrogen-bond donors (Lipinski definition) is 2. The van der Waals surface area contributed by atoms with Gasteiger partial charge in [-0.2, -0.15) is 0 Å². The second kappa shape index (κ2) is 9.07. The summed E-state index contributed by atoms with van der Waals surface area (Å²) in [6.07, 6.45) is 1.58. The topological polar surface area (TPSA) is 88.1 Å². The maximum atomic E-state index is 13.3. The molecule has 0 bridgehead atoms. The largest absolute Gasteiger partial charge is 0.454 e. The number of likely N-dealkylation sites (N-methyl/N-ethyl adjacent to an activating group) is 1. The van der Waals surface area contributed by atoms with E-state index in [9.17, 15) is 9.59 Å². The summed E-state index contributed by atoms with van der Waals surface area (Å²) in [4.78, 5) is 27.3. The van der Waals surface area contributed by atoms with Crippen LogP contribution in [0.5, 0.6) is 11.5 Å². The number of aliphatic hydroxyl groups excluding tert-OH is 1. The van der Waals surface area contributed by atoms with Crippen LogP contribution in [0, 0.1) is 6.92 Å². The summed E-state index contributed by atoms with van der Waals surface area (Å²) in [5.74, 6) is 1.23. The molecule has 0 saturated heterocycles. The van der Waals surface area contributed by atoms with Gasteiger partial charge in [0.1, 0.15) is 0 Å². The van der Waals surface area contributed by atoms with Gasteiger partial charge in [0.15, 0.2) is 11.5 Å². The van der Waals surface area contributed by atoms with Crippen LogP contribution in [-0.2, 0) is 10.2 Å². The number of hydrogen-bond acceptors (Lipinski definition) is 5. The second-order valence-corrected chi connectivity index (χ2v) is 9.16. The summed E-state index contributed by atoms with van der Waals surface area (Å²) in [6, 6.07) is 19.0. The molecule has 3 aromatic carbocycles. The van der Waals surface area contributed by atoms with E-state index in [1.165, 1.54) is 4.90 Å². The van der Waals surface area contributed by atoms with Crippen molar-refractivity contribution in [2.45, 2.75) is 25.2 Å². The predicted octanol–water partition coefficient (Wildman–Crippen LogP) is 4.62. The van der Waals surface area contributed by atoms with Crippen molar-refractivity contribution in [2.24, 2.45) is 0 Å². The highest BCUT2D eigenvalue weighted by atomic mass is 16.7. The molecular weight excluding hydrogens is 444 g/mol. The second-order valence-electron chi connectivity index (χ2n) is 9.16. The first-order chi connectivity index (χ1) is 16.9. The Labute approximate surface area is 207 Å². The molecule has 1 aliphatic carbocycles. The highest BCUT2D eigenvalue weighted by Gasteiger charge is 2.51. The van der Waals surface area contributed by atoms with Gasteiger partial charge in [0.2, 0.25) is 12.7 Å². The Kier molecular flexibility index (Phi) is 5.94. The molecule has 2 N–H and O–H groups in total. The van der Waals surface area contributed by atoms with Crippen LogP contribution in [0.15, 0.2) is 60.7 Å². The molecule has 0 aromatic heterocycles. The van der Waals surface area contributed by atoms with Crippen molar-refractivity contribution in [3.63, 3.8) is 0 Å². The molecule has 0 radical (unpaired) electrons. The fourth-order valence-electron chi connectivity index (χ4n) is 4.49. The molecular formula is C28H32N2O5. The number of aliphatic hydroxyl groups is 1. The van der Waals surface area contributed by atoms with Gasteiger partial charge in [0, 0.05) is 27.7 Å². The van der Waals surface area contributed by atoms with Crippen LogP contribution in [0.25, 0.3) is 11.1 Å². The van der Waals surface area contributed by atoms with Crippen molar-refractivity contribution in [3.05, 3.63) is 77.4 Å². The smallest absolute Gasteiger partial charge is 0.253 e. The van der Waals surface area contributed by atoms with Crippen molar-refractivity contribution in [2.75, 3.05) is 32.3 Å². The van der Waals surface area contributed by atoms with E-state index in [1.807, 2.05) is 55.5 Å². The van der Waals surface area contributed by atoms with Crippen LogP contribution in [-0.4, -0.2) is 48.8 Å². The van der Waals surface area contributed by atoms with Gasteiger partial charge in [-0.05, 0) is 78.4 Å². The van der Waals surface area contributed by atoms with Crippen LogP contribution in [0.1, 0.15) is 37.2 Å². The van der Waals surface area contributed by atoms with E-state index in [0.29, 0.717) is 17.1 Å². The molecule has 184 valence electrons. The van der Waals surface area contributed by atoms with E-state index in [1.54, 1.807) is 19.2 Å². The van der Waals surface area contributed by atoms with E-state index in [0.717, 1.165) is 40.8 Å². The van der Waals surface area contributed by atoms with Gasteiger partial charge >= 0.3 is 0 Å². The standard InChI is InChI=1S/C28H28N2O5.2H2/c1-18-3-9-22(16-23(18)19-4-6-20(7-5-19)26(32)30(2)13-14-31)29-27(33)28(11-12-28)21-8-10-24-25(15-21)35-17-34-24;;/h3-10,15-16,31H,11-14,17H2,1-2H3,(H,29,33);2*1H. The molecule has 5 rings (SSSR count). The minimum Gasteiger partial charge on any atom is -0.454 e. The first-order valence-corrected chi connectivity index (χ1v) is 11.7. The molecule has 1 saturated carbocycles. The third-order valence-electron chi connectivity index (χ3n) is 6.83. The highest BCUT2D eigenvalue weighted by Crippen LogP contribution is 2.51. The van der Waals surface area contributed by atoms with Gasteiger partial charge in [-0.15, -0.1) is 0 Å². The molecule has 0 atom stereocenters. The Morgan fingerprint density at radius 1 is 1.03 bits per heavy atom. The quantitative estimate of drug-likeness (QED) is 0.520. The average Bonchev–Trinajstić information content (AvgIpc) is 3.55. The first-order valence-electron chi connectivity index (χ1n) is 11.7. The zero-order valence-corrected chi connectivity index (χ0v) is 19.8. The summed E-state index contributed by atoms with van der Waals surface area (Å²) in [6.45, 7) is 2.44. The number of ether oxygens (including phenoxy) is 2. The molecule has 0 spiro atoms. The number of amides is 2. The maximum absolute atomic E-state index is 13.3. The van der Waals surface area contributed by atoms with Crippen LogP contribution < -0.4 is 14.8 Å². The predicted molar refractivity (Wildman–Crippen MR) is 137 cm³/mol. The van der Waals surface area contributed by atoms with E-state index in [2.05, 4.69) is 5.32 Å². The lowest BCUT2D eigenvalue weighted by Crippen LogP contribution is -2.29. The molecule has 1 fully saturated rings. The van der Waals surface area contributed by atoms with Gasteiger partial charge in [0.25, 0.3) is 5.91 Å². The van der Waals surface area contributed by atoms with E-state index >= 15 is 0 Å². The fourth-order valence-corrected chi connectivity index (χ4v) is 4.49. The summed E-state index contributed by atoms with van der Waals surface area (Å²) >= 11 is 0. The molecule has 7 nitrogen and oxygen atoms in total. The maximum Gasteiger partial charge on any atom is 0.253 e. The molecule has 2 aliphatic rings. The van der Waals surface area contributed by atoms with Crippen LogP contribution in [0.4, 0.5) is 5.69 Å². The third kappa shape index (κ3) is 4.35. The zero-order chi connectivity index (χ0) is 24.6. The Morgan fingerprint density at radius 2 is 1.77 bits per heavy atom. The van der Waals surface area contributed by atoms with E-state index < -0.39 is 5.41 Å². The van der Waals surface area contributed by atoms with Crippen LogP contribution in [0.3, 0.4) is 0 Å². The number of nitrogens with zero attached hydrogens (tertiary/aromatic N) is 1. The lowest BCUT2D eigenvalue weighted by molar-refractivity contribution is -0.118. The number of nitrogens with one attached hydrogen (secondary N) is 1. The molecule has 1 aliphatic heterocycles. The number of fused-ring (bicyclic) bond motifs is 1. The zero-order valence-electron chi connectivity index (χ0n) is 19.8. The number of benzene rings is 3. The minimum atomic E-state index is -0.547. The van der Waals surface area contributed by atoms with Crippen molar-refractivity contribution < 1.29 is 27.0 Å². The van der Waals surface area contributed by atoms with Gasteiger partial charge in [-0.1, -0.05) is 24.3 Å². The number of carbonyl (C=O) groups is 2. The Bertz CT molecular complexity index is 1290. The number of aryl methyl sites for hydroxylation is 1. The van der Waals surface area contributed by atoms with Gasteiger partial charge in [-0.3, -0.25) is 9.59 Å². The lowest BCUT2D eigenvalue weighted by atomic mass is 9.94. The van der Waals surface area contributed by atoms with Crippen molar-refractivity contribution >= 4 is 17.5 Å². The van der Waals surface area contributed by atoms with Crippen molar-refractivity contribution in [3.8, 4) is 22.6 Å². The van der Waals surface area contributed by atoms with Crippen LogP contribution >= 0.6 is 0 Å². The summed E-state index contributed by atoms with van der Waals surface area (Å²) in [5.41, 5.74) is 4.69. The first kappa shape index (κ1) is 22.9. The Morgan fingerprint density at radius 3 is 2.49 bits per heavy atom. The van der Waals surface area contributed by atoms with E-state index in [4.69, 9.17) is 14.6 Å². The number of carbonyl (C=O) groups excluding carboxylic acids is 2.